The van der Waals surface area contributed by atoms with Crippen LogP contribution in [0, 0.1) is 0 Å². The molecule has 0 aromatic carbocycles. The molecule has 0 aromatic heterocycles. The summed E-state index contributed by atoms with van der Waals surface area (Å²) in [6.07, 6.45) is -7.33. The first-order valence-electron chi connectivity index (χ1n) is 3.52. The van der Waals surface area contributed by atoms with E-state index in [1.807, 2.05) is 0 Å². The number of hydrogen-bond donors (Lipinski definition) is 3. The molecule has 0 rings (SSSR count). The van der Waals surface area contributed by atoms with E-state index in [4.69, 9.17) is 10.2 Å². The lowest BCUT2D eigenvalue weighted by atomic mass is 10.1. The second-order valence-corrected chi connectivity index (χ2v) is 2.48. The van der Waals surface area contributed by atoms with Gasteiger partial charge in [-0.2, -0.15) is 13.2 Å². The normalized spacial score (nSPS) is 13.8. The maximum absolute atomic E-state index is 11.6. The lowest BCUT2D eigenvalue weighted by Crippen LogP contribution is -2.37. The minimum Gasteiger partial charge on any atom is -0.465 e. The average molecular weight is 201 g/mol. The van der Waals surface area contributed by atoms with Crippen LogP contribution in [0.25, 0.3) is 0 Å². The van der Waals surface area contributed by atoms with Crippen molar-refractivity contribution in [1.82, 2.24) is 5.32 Å². The molecule has 0 radical (unpaired) electrons. The van der Waals surface area contributed by atoms with Gasteiger partial charge in [0.25, 0.3) is 0 Å². The summed E-state index contributed by atoms with van der Waals surface area (Å²) in [4.78, 5) is 9.99. The van der Waals surface area contributed by atoms with E-state index in [9.17, 15) is 18.0 Å². The van der Waals surface area contributed by atoms with E-state index in [2.05, 4.69) is 0 Å². The van der Waals surface area contributed by atoms with Crippen LogP contribution in [-0.4, -0.2) is 35.1 Å². The second kappa shape index (κ2) is 4.90. The number of halogens is 3. The lowest BCUT2D eigenvalue weighted by Gasteiger charge is -2.14. The van der Waals surface area contributed by atoms with Crippen LogP contribution < -0.4 is 5.32 Å². The van der Waals surface area contributed by atoms with Gasteiger partial charge in [0.1, 0.15) is 0 Å². The van der Waals surface area contributed by atoms with Crippen molar-refractivity contribution in [3.8, 4) is 0 Å². The molecular weight excluding hydrogens is 191 g/mol. The minimum absolute atomic E-state index is 0.452. The fraction of sp³-hybridized carbons (Fsp3) is 0.833. The zero-order valence-corrected chi connectivity index (χ0v) is 6.64. The Morgan fingerprint density at radius 3 is 2.31 bits per heavy atom. The van der Waals surface area contributed by atoms with Gasteiger partial charge in [0, 0.05) is 6.42 Å². The monoisotopic (exact) mass is 201 g/mol. The number of amides is 1. The van der Waals surface area contributed by atoms with Gasteiger partial charge in [0.2, 0.25) is 0 Å². The smallest absolute Gasteiger partial charge is 0.404 e. The molecule has 3 N–H and O–H groups in total. The molecule has 0 heterocycles. The number of carboxylic acid groups (broad SMARTS) is 1. The zero-order valence-electron chi connectivity index (χ0n) is 6.64. The number of aliphatic hydroxyl groups excluding tert-OH is 1. The molecule has 1 atom stereocenters. The van der Waals surface area contributed by atoms with Crippen molar-refractivity contribution in [2.75, 3.05) is 6.61 Å². The maximum Gasteiger partial charge on any atom is 0.404 e. The lowest BCUT2D eigenvalue weighted by molar-refractivity contribution is -0.137. The molecule has 78 valence electrons. The summed E-state index contributed by atoms with van der Waals surface area (Å²) in [6, 6.07) is -1.06. The summed E-state index contributed by atoms with van der Waals surface area (Å²) < 4.78 is 34.9. The number of carbonyl (C=O) groups is 1. The number of hydrogen-bond acceptors (Lipinski definition) is 2. The van der Waals surface area contributed by atoms with Gasteiger partial charge in [0.15, 0.2) is 0 Å². The van der Waals surface area contributed by atoms with Gasteiger partial charge in [-0.3, -0.25) is 0 Å². The third kappa shape index (κ3) is 7.38. The Morgan fingerprint density at radius 1 is 1.46 bits per heavy atom. The highest BCUT2D eigenvalue weighted by atomic mass is 19.4. The summed E-state index contributed by atoms with van der Waals surface area (Å²) in [6.45, 7) is -0.637. The van der Waals surface area contributed by atoms with E-state index in [1.165, 1.54) is 0 Å². The van der Waals surface area contributed by atoms with Crippen LogP contribution >= 0.6 is 0 Å². The van der Waals surface area contributed by atoms with Crippen LogP contribution in [0.1, 0.15) is 12.8 Å². The first kappa shape index (κ1) is 12.0. The van der Waals surface area contributed by atoms with Gasteiger partial charge in [-0.05, 0) is 6.42 Å². The molecule has 0 saturated carbocycles. The molecule has 0 aliphatic carbocycles. The highest BCUT2D eigenvalue weighted by Crippen LogP contribution is 2.22. The van der Waals surface area contributed by atoms with Crippen molar-refractivity contribution in [2.45, 2.75) is 25.1 Å². The topological polar surface area (TPSA) is 69.6 Å². The van der Waals surface area contributed by atoms with Crippen LogP contribution in [-0.2, 0) is 0 Å². The predicted molar refractivity (Wildman–Crippen MR) is 37.3 cm³/mol. The molecule has 0 aliphatic rings. The Morgan fingerprint density at radius 2 is 2.00 bits per heavy atom. The fourth-order valence-corrected chi connectivity index (χ4v) is 0.722. The van der Waals surface area contributed by atoms with Crippen molar-refractivity contribution in [3.63, 3.8) is 0 Å². The summed E-state index contributed by atoms with van der Waals surface area (Å²) in [5.41, 5.74) is 0. The number of aliphatic hydroxyl groups is 1. The highest BCUT2D eigenvalue weighted by Gasteiger charge is 2.28. The van der Waals surface area contributed by atoms with E-state index >= 15 is 0 Å². The van der Waals surface area contributed by atoms with Crippen molar-refractivity contribution in [2.24, 2.45) is 0 Å². The van der Waals surface area contributed by atoms with Crippen LogP contribution in [0.5, 0.6) is 0 Å². The molecule has 13 heavy (non-hydrogen) atoms. The van der Waals surface area contributed by atoms with Gasteiger partial charge in [0.05, 0.1) is 12.6 Å². The molecule has 4 nitrogen and oxygen atoms in total. The Hall–Kier alpha value is -0.980. The van der Waals surface area contributed by atoms with E-state index in [0.717, 1.165) is 0 Å². The Labute approximate surface area is 72.4 Å². The molecule has 0 fully saturated rings. The van der Waals surface area contributed by atoms with E-state index in [0.29, 0.717) is 0 Å². The highest BCUT2D eigenvalue weighted by molar-refractivity contribution is 5.64. The number of nitrogens with one attached hydrogen (secondary N) is 1. The standard InChI is InChI=1S/C6H10F3NO3/c7-6(8,9)2-1-4(3-11)10-5(12)13/h4,10-11H,1-3H2,(H,12,13)/t4-/m0/s1. The van der Waals surface area contributed by atoms with Gasteiger partial charge in [-0.25, -0.2) is 4.79 Å². The molecule has 0 aliphatic heterocycles. The van der Waals surface area contributed by atoms with Crippen LogP contribution in [0.4, 0.5) is 18.0 Å². The van der Waals surface area contributed by atoms with E-state index in [-0.39, 0.29) is 0 Å². The quantitative estimate of drug-likeness (QED) is 0.634. The van der Waals surface area contributed by atoms with Gasteiger partial charge in [-0.1, -0.05) is 0 Å². The largest absolute Gasteiger partial charge is 0.465 e. The Kier molecular flexibility index (Phi) is 4.53. The molecule has 0 saturated heterocycles. The van der Waals surface area contributed by atoms with Crippen molar-refractivity contribution in [1.29, 1.82) is 0 Å². The van der Waals surface area contributed by atoms with Gasteiger partial charge >= 0.3 is 12.3 Å². The molecule has 1 amide bonds. The van der Waals surface area contributed by atoms with Crippen LogP contribution in [0.15, 0.2) is 0 Å². The molecule has 0 aromatic rings. The summed E-state index contributed by atoms with van der Waals surface area (Å²) in [5, 5.41) is 18.4. The minimum atomic E-state index is -4.33. The second-order valence-electron chi connectivity index (χ2n) is 2.48. The average Bonchev–Trinajstić information content (AvgIpc) is 1.95. The van der Waals surface area contributed by atoms with Crippen molar-refractivity contribution in [3.05, 3.63) is 0 Å². The predicted octanol–water partition coefficient (Wildman–Crippen LogP) is 0.957. The summed E-state index contributed by atoms with van der Waals surface area (Å²) >= 11 is 0. The van der Waals surface area contributed by atoms with Gasteiger partial charge in [-0.15, -0.1) is 0 Å². The first-order valence-corrected chi connectivity index (χ1v) is 3.52. The van der Waals surface area contributed by atoms with Crippen LogP contribution in [0.2, 0.25) is 0 Å². The van der Waals surface area contributed by atoms with E-state index in [1.54, 1.807) is 5.32 Å². The first-order chi connectivity index (χ1) is 5.85. The Balaban J connectivity index is 3.79. The van der Waals surface area contributed by atoms with Crippen LogP contribution in [0.3, 0.4) is 0 Å². The van der Waals surface area contributed by atoms with Crippen molar-refractivity contribution >= 4 is 6.09 Å². The fourth-order valence-electron chi connectivity index (χ4n) is 0.722. The van der Waals surface area contributed by atoms with Gasteiger partial charge < -0.3 is 15.5 Å². The SMILES string of the molecule is O=C(O)N[C@H](CO)CCC(F)(F)F. The molecule has 0 bridgehead atoms. The van der Waals surface area contributed by atoms with E-state index < -0.39 is 37.8 Å². The number of rotatable bonds is 4. The number of alkyl halides is 3. The third-order valence-corrected chi connectivity index (χ3v) is 1.32. The third-order valence-electron chi connectivity index (χ3n) is 1.32. The molecular formula is C6H10F3NO3. The molecule has 7 heteroatoms. The van der Waals surface area contributed by atoms with Crippen molar-refractivity contribution < 1.29 is 28.2 Å². The summed E-state index contributed by atoms with van der Waals surface area (Å²) in [7, 11) is 0. The zero-order chi connectivity index (χ0) is 10.5. The maximum atomic E-state index is 11.6. The Bertz CT molecular complexity index is 171. The molecule has 0 unspecified atom stereocenters. The summed E-state index contributed by atoms with van der Waals surface area (Å²) in [5.74, 6) is 0. The molecule has 0 spiro atoms.